The Kier molecular flexibility index (Phi) is 5.99. The van der Waals surface area contributed by atoms with Crippen molar-refractivity contribution >= 4 is 21.7 Å². The molecule has 0 unspecified atom stereocenters. The van der Waals surface area contributed by atoms with Crippen LogP contribution < -0.4 is 9.80 Å². The zero-order valence-corrected chi connectivity index (χ0v) is 16.9. The van der Waals surface area contributed by atoms with Gasteiger partial charge in [0, 0.05) is 40.3 Å². The molecule has 1 aromatic heterocycles. The Hall–Kier alpha value is -2.40. The molecule has 0 radical (unpaired) electrons. The highest BCUT2D eigenvalue weighted by molar-refractivity contribution is 7.88. The third-order valence-corrected chi connectivity index (χ3v) is 6.53. The molecule has 2 aromatic rings. The lowest BCUT2D eigenvalue weighted by molar-refractivity contribution is -0.137. The van der Waals surface area contributed by atoms with Crippen molar-refractivity contribution in [1.82, 2.24) is 14.5 Å². The Morgan fingerprint density at radius 3 is 2.07 bits per heavy atom. The molecule has 3 rings (SSSR count). The second-order valence-corrected chi connectivity index (χ2v) is 8.95. The summed E-state index contributed by atoms with van der Waals surface area (Å²) in [6.07, 6.45) is -4.44. The average molecular weight is 429 g/mol. The third-order valence-electron chi connectivity index (χ3n) is 4.68. The lowest BCUT2D eigenvalue weighted by Crippen LogP contribution is -2.49. The molecular weight excluding hydrogens is 407 g/mol. The van der Waals surface area contributed by atoms with Crippen molar-refractivity contribution in [3.05, 3.63) is 47.5 Å². The summed E-state index contributed by atoms with van der Waals surface area (Å²) in [5.74, 6) is 1.07. The molecule has 2 heterocycles. The van der Waals surface area contributed by atoms with Crippen molar-refractivity contribution in [1.29, 1.82) is 0 Å². The standard InChI is InChI=1S/C18H22F3N5O2S/c1-24(2)16-7-8-17(23-22-16)25-9-11-26(12-10-25)29(27,28)13-14-3-5-15(6-4-14)18(19,20)21/h3-8H,9-13H2,1-2H3. The molecule has 158 valence electrons. The average Bonchev–Trinajstić information content (AvgIpc) is 2.67. The van der Waals surface area contributed by atoms with Crippen molar-refractivity contribution in [3.8, 4) is 0 Å². The first kappa shape index (κ1) is 21.3. The highest BCUT2D eigenvalue weighted by Crippen LogP contribution is 2.29. The van der Waals surface area contributed by atoms with Gasteiger partial charge in [0.2, 0.25) is 10.0 Å². The van der Waals surface area contributed by atoms with Crippen molar-refractivity contribution in [3.63, 3.8) is 0 Å². The summed E-state index contributed by atoms with van der Waals surface area (Å²) in [5, 5.41) is 8.30. The third kappa shape index (κ3) is 5.15. The largest absolute Gasteiger partial charge is 0.416 e. The quantitative estimate of drug-likeness (QED) is 0.726. The van der Waals surface area contributed by atoms with Crippen LogP contribution in [0, 0.1) is 0 Å². The number of rotatable bonds is 5. The van der Waals surface area contributed by atoms with Gasteiger partial charge < -0.3 is 9.80 Å². The van der Waals surface area contributed by atoms with Crippen molar-refractivity contribution in [2.75, 3.05) is 50.1 Å². The van der Waals surface area contributed by atoms with Gasteiger partial charge in [-0.15, -0.1) is 10.2 Å². The van der Waals surface area contributed by atoms with E-state index < -0.39 is 21.8 Å². The summed E-state index contributed by atoms with van der Waals surface area (Å²) in [7, 11) is 0.105. The fraction of sp³-hybridized carbons (Fsp3) is 0.444. The van der Waals surface area contributed by atoms with Gasteiger partial charge in [0.05, 0.1) is 11.3 Å². The molecule has 0 atom stereocenters. The van der Waals surface area contributed by atoms with Crippen LogP contribution in [0.15, 0.2) is 36.4 Å². The molecule has 0 saturated carbocycles. The van der Waals surface area contributed by atoms with Gasteiger partial charge >= 0.3 is 6.18 Å². The maximum atomic E-state index is 12.7. The first-order chi connectivity index (χ1) is 13.6. The van der Waals surface area contributed by atoms with Crippen LogP contribution >= 0.6 is 0 Å². The van der Waals surface area contributed by atoms with E-state index in [1.807, 2.05) is 36.0 Å². The van der Waals surface area contributed by atoms with E-state index in [-0.39, 0.29) is 18.8 Å². The number of alkyl halides is 3. The second-order valence-electron chi connectivity index (χ2n) is 6.98. The molecule has 11 heteroatoms. The van der Waals surface area contributed by atoms with Gasteiger partial charge in [0.15, 0.2) is 11.6 Å². The molecule has 29 heavy (non-hydrogen) atoms. The number of hydrogen-bond donors (Lipinski definition) is 0. The van der Waals surface area contributed by atoms with E-state index in [0.29, 0.717) is 24.5 Å². The summed E-state index contributed by atoms with van der Waals surface area (Å²) in [4.78, 5) is 3.79. The van der Waals surface area contributed by atoms with Crippen LogP contribution in [0.3, 0.4) is 0 Å². The Morgan fingerprint density at radius 2 is 1.59 bits per heavy atom. The van der Waals surface area contributed by atoms with Gasteiger partial charge in [-0.1, -0.05) is 12.1 Å². The summed E-state index contributed by atoms with van der Waals surface area (Å²) >= 11 is 0. The minimum absolute atomic E-state index is 0.278. The molecule has 1 fully saturated rings. The maximum absolute atomic E-state index is 12.7. The number of sulfonamides is 1. The number of piperazine rings is 1. The van der Waals surface area contributed by atoms with Crippen LogP contribution in [0.4, 0.5) is 24.8 Å². The van der Waals surface area contributed by atoms with Gasteiger partial charge in [-0.05, 0) is 29.8 Å². The van der Waals surface area contributed by atoms with Gasteiger partial charge in [0.25, 0.3) is 0 Å². The van der Waals surface area contributed by atoms with E-state index >= 15 is 0 Å². The summed E-state index contributed by atoms with van der Waals surface area (Å²) in [5.41, 5.74) is -0.473. The first-order valence-electron chi connectivity index (χ1n) is 8.96. The van der Waals surface area contributed by atoms with Crippen molar-refractivity contribution < 1.29 is 21.6 Å². The van der Waals surface area contributed by atoms with Crippen LogP contribution in [0.2, 0.25) is 0 Å². The number of halogens is 3. The number of aromatic nitrogens is 2. The molecule has 0 bridgehead atoms. The van der Waals surface area contributed by atoms with Crippen molar-refractivity contribution in [2.24, 2.45) is 0 Å². The van der Waals surface area contributed by atoms with E-state index in [4.69, 9.17) is 0 Å². The van der Waals surface area contributed by atoms with E-state index in [1.165, 1.54) is 16.4 Å². The summed E-state index contributed by atoms with van der Waals surface area (Å²) < 4.78 is 64.6. The lowest BCUT2D eigenvalue weighted by Gasteiger charge is -2.34. The topological polar surface area (TPSA) is 69.6 Å². The molecule has 7 nitrogen and oxygen atoms in total. The fourth-order valence-electron chi connectivity index (χ4n) is 3.01. The molecule has 1 aliphatic heterocycles. The predicted octanol–water partition coefficient (Wildman–Crippen LogP) is 2.21. The fourth-order valence-corrected chi connectivity index (χ4v) is 4.53. The van der Waals surface area contributed by atoms with E-state index in [2.05, 4.69) is 10.2 Å². The molecule has 1 aromatic carbocycles. The summed E-state index contributed by atoms with van der Waals surface area (Å²) in [6, 6.07) is 7.90. The zero-order valence-electron chi connectivity index (χ0n) is 16.1. The van der Waals surface area contributed by atoms with E-state index in [1.54, 1.807) is 0 Å². The van der Waals surface area contributed by atoms with Crippen LogP contribution in [0.1, 0.15) is 11.1 Å². The highest BCUT2D eigenvalue weighted by Gasteiger charge is 2.31. The van der Waals surface area contributed by atoms with Crippen LogP contribution in [-0.2, 0) is 22.0 Å². The number of hydrogen-bond acceptors (Lipinski definition) is 6. The monoisotopic (exact) mass is 429 g/mol. The van der Waals surface area contributed by atoms with Gasteiger partial charge in [-0.25, -0.2) is 8.42 Å². The number of benzene rings is 1. The van der Waals surface area contributed by atoms with Gasteiger partial charge in [-0.2, -0.15) is 17.5 Å². The molecule has 0 aliphatic carbocycles. The Labute approximate surface area is 167 Å². The molecule has 1 saturated heterocycles. The first-order valence-corrected chi connectivity index (χ1v) is 10.6. The molecular formula is C18H22F3N5O2S. The maximum Gasteiger partial charge on any atom is 0.416 e. The van der Waals surface area contributed by atoms with Crippen LogP contribution in [-0.4, -0.2) is 63.2 Å². The SMILES string of the molecule is CN(C)c1ccc(N2CCN(S(=O)(=O)Cc3ccc(C(F)(F)F)cc3)CC2)nn1. The second kappa shape index (κ2) is 8.15. The lowest BCUT2D eigenvalue weighted by atomic mass is 10.1. The van der Waals surface area contributed by atoms with Crippen LogP contribution in [0.25, 0.3) is 0 Å². The molecule has 0 N–H and O–H groups in total. The minimum Gasteiger partial charge on any atom is -0.361 e. The van der Waals surface area contributed by atoms with Gasteiger partial charge in [-0.3, -0.25) is 0 Å². The Bertz CT molecular complexity index is 923. The summed E-state index contributed by atoms with van der Waals surface area (Å²) in [6.45, 7) is 1.48. The zero-order chi connectivity index (χ0) is 21.2. The predicted molar refractivity (Wildman–Crippen MR) is 104 cm³/mol. The van der Waals surface area contributed by atoms with Crippen molar-refractivity contribution in [2.45, 2.75) is 11.9 Å². The Balaban J connectivity index is 1.60. The normalized spacial score (nSPS) is 16.1. The van der Waals surface area contributed by atoms with Crippen LogP contribution in [0.5, 0.6) is 0 Å². The molecule has 0 spiro atoms. The highest BCUT2D eigenvalue weighted by atomic mass is 32.2. The van der Waals surface area contributed by atoms with Gasteiger partial charge in [0.1, 0.15) is 0 Å². The number of anilines is 2. The van der Waals surface area contributed by atoms with E-state index in [9.17, 15) is 21.6 Å². The van der Waals surface area contributed by atoms with E-state index in [0.717, 1.165) is 18.0 Å². The smallest absolute Gasteiger partial charge is 0.361 e. The molecule has 0 amide bonds. The number of nitrogens with zero attached hydrogens (tertiary/aromatic N) is 5. The minimum atomic E-state index is -4.44. The molecule has 1 aliphatic rings. The Morgan fingerprint density at radius 1 is 0.966 bits per heavy atom.